The number of esters is 1. The fraction of sp³-hybridized carbons (Fsp3) is 0.529. The first-order chi connectivity index (χ1) is 11.4. The Morgan fingerprint density at radius 2 is 2.29 bits per heavy atom. The van der Waals surface area contributed by atoms with Gasteiger partial charge < -0.3 is 9.64 Å². The van der Waals surface area contributed by atoms with Gasteiger partial charge in [-0.05, 0) is 44.7 Å². The lowest BCUT2D eigenvalue weighted by Crippen LogP contribution is -2.37. The van der Waals surface area contributed by atoms with Crippen LogP contribution < -0.4 is 4.90 Å². The summed E-state index contributed by atoms with van der Waals surface area (Å²) < 4.78 is 5.18. The van der Waals surface area contributed by atoms with Crippen LogP contribution >= 0.6 is 0 Å². The molecule has 0 amide bonds. The average molecular weight is 331 g/mol. The lowest BCUT2D eigenvalue weighted by atomic mass is 9.94. The lowest BCUT2D eigenvalue weighted by molar-refractivity contribution is -0.384. The van der Waals surface area contributed by atoms with Crippen molar-refractivity contribution in [2.75, 3.05) is 18.0 Å². The molecule has 1 saturated heterocycles. The third-order valence-corrected chi connectivity index (χ3v) is 3.98. The maximum absolute atomic E-state index is 11.8. The number of ether oxygens (including phenoxy) is 1. The number of rotatable bonds is 5. The lowest BCUT2D eigenvalue weighted by Gasteiger charge is -2.33. The summed E-state index contributed by atoms with van der Waals surface area (Å²) >= 11 is 0. The van der Waals surface area contributed by atoms with Crippen molar-refractivity contribution in [1.82, 2.24) is 0 Å². The predicted octanol–water partition coefficient (Wildman–Crippen LogP) is 3.02. The maximum atomic E-state index is 11.8. The van der Waals surface area contributed by atoms with E-state index >= 15 is 0 Å². The Labute approximate surface area is 141 Å². The molecule has 0 spiro atoms. The minimum atomic E-state index is -0.465. The van der Waals surface area contributed by atoms with E-state index in [2.05, 4.69) is 0 Å². The molecular weight excluding hydrogens is 310 g/mol. The highest BCUT2D eigenvalue weighted by Crippen LogP contribution is 2.33. The molecule has 1 heterocycles. The Bertz CT molecular complexity index is 666. The molecule has 0 N–H and O–H groups in total. The molecule has 1 aliphatic heterocycles. The summed E-state index contributed by atoms with van der Waals surface area (Å²) in [6.07, 6.45) is 1.93. The van der Waals surface area contributed by atoms with Crippen molar-refractivity contribution >= 4 is 17.3 Å². The van der Waals surface area contributed by atoms with Gasteiger partial charge in [0.1, 0.15) is 5.69 Å². The highest BCUT2D eigenvalue weighted by Gasteiger charge is 2.27. The van der Waals surface area contributed by atoms with Crippen LogP contribution in [-0.2, 0) is 9.53 Å². The monoisotopic (exact) mass is 331 g/mol. The smallest absolute Gasteiger partial charge is 0.306 e. The zero-order valence-electron chi connectivity index (χ0n) is 13.9. The summed E-state index contributed by atoms with van der Waals surface area (Å²) in [6, 6.07) is 6.42. The van der Waals surface area contributed by atoms with Crippen LogP contribution in [0.3, 0.4) is 0 Å². The van der Waals surface area contributed by atoms with E-state index in [0.29, 0.717) is 25.2 Å². The van der Waals surface area contributed by atoms with Crippen LogP contribution in [0.25, 0.3) is 0 Å². The van der Waals surface area contributed by atoms with E-state index in [9.17, 15) is 14.9 Å². The van der Waals surface area contributed by atoms with Gasteiger partial charge in [0.2, 0.25) is 0 Å². The van der Waals surface area contributed by atoms with Gasteiger partial charge in [-0.3, -0.25) is 14.9 Å². The van der Waals surface area contributed by atoms with Gasteiger partial charge in [0.15, 0.2) is 0 Å². The summed E-state index contributed by atoms with van der Waals surface area (Å²) in [4.78, 5) is 24.6. The first kappa shape index (κ1) is 17.7. The zero-order valence-corrected chi connectivity index (χ0v) is 13.9. The van der Waals surface area contributed by atoms with Gasteiger partial charge in [0.25, 0.3) is 5.69 Å². The number of piperidine rings is 1. The first-order valence-electron chi connectivity index (χ1n) is 8.03. The van der Waals surface area contributed by atoms with E-state index in [-0.39, 0.29) is 29.2 Å². The van der Waals surface area contributed by atoms with Crippen molar-refractivity contribution in [3.63, 3.8) is 0 Å². The maximum Gasteiger partial charge on any atom is 0.306 e. The van der Waals surface area contributed by atoms with Gasteiger partial charge in [-0.2, -0.15) is 5.26 Å². The number of hydrogen-bond donors (Lipinski definition) is 0. The minimum absolute atomic E-state index is 0.0699. The molecular formula is C17H21N3O4. The van der Waals surface area contributed by atoms with E-state index in [1.165, 1.54) is 6.07 Å². The summed E-state index contributed by atoms with van der Waals surface area (Å²) in [7, 11) is 0. The van der Waals surface area contributed by atoms with Crippen LogP contribution in [0, 0.1) is 27.4 Å². The number of carbonyl (C=O) groups is 1. The van der Waals surface area contributed by atoms with Crippen molar-refractivity contribution in [3.05, 3.63) is 33.9 Å². The highest BCUT2D eigenvalue weighted by molar-refractivity contribution is 5.70. The Morgan fingerprint density at radius 1 is 1.54 bits per heavy atom. The van der Waals surface area contributed by atoms with Gasteiger partial charge in [-0.15, -0.1) is 0 Å². The molecule has 0 aliphatic carbocycles. The van der Waals surface area contributed by atoms with Gasteiger partial charge in [-0.1, -0.05) is 0 Å². The van der Waals surface area contributed by atoms with Gasteiger partial charge in [0, 0.05) is 19.2 Å². The van der Waals surface area contributed by atoms with E-state index in [1.807, 2.05) is 24.8 Å². The molecule has 0 aromatic heterocycles. The molecule has 7 nitrogen and oxygen atoms in total. The summed E-state index contributed by atoms with van der Waals surface area (Å²) in [5.74, 6) is -0.119. The third-order valence-electron chi connectivity index (χ3n) is 3.98. The van der Waals surface area contributed by atoms with Crippen LogP contribution in [0.2, 0.25) is 0 Å². The average Bonchev–Trinajstić information content (AvgIpc) is 2.53. The molecule has 128 valence electrons. The van der Waals surface area contributed by atoms with Crippen molar-refractivity contribution in [1.29, 1.82) is 5.26 Å². The number of nitro groups is 1. The van der Waals surface area contributed by atoms with E-state index < -0.39 is 4.92 Å². The quantitative estimate of drug-likeness (QED) is 0.467. The van der Waals surface area contributed by atoms with Crippen molar-refractivity contribution < 1.29 is 14.5 Å². The molecule has 0 radical (unpaired) electrons. The summed E-state index contributed by atoms with van der Waals surface area (Å²) in [5, 5.41) is 20.2. The number of anilines is 1. The number of nitriles is 1. The number of nitrogens with zero attached hydrogens (tertiary/aromatic N) is 3. The molecule has 24 heavy (non-hydrogen) atoms. The molecule has 2 rings (SSSR count). The topological polar surface area (TPSA) is 96.5 Å². The van der Waals surface area contributed by atoms with Crippen LogP contribution in [0.1, 0.15) is 38.7 Å². The predicted molar refractivity (Wildman–Crippen MR) is 88.6 cm³/mol. The normalized spacial score (nSPS) is 17.4. The van der Waals surface area contributed by atoms with Crippen molar-refractivity contribution in [3.8, 4) is 6.07 Å². The van der Waals surface area contributed by atoms with E-state index in [4.69, 9.17) is 10.00 Å². The fourth-order valence-corrected chi connectivity index (χ4v) is 3.00. The molecule has 1 unspecified atom stereocenters. The molecule has 1 aromatic carbocycles. The van der Waals surface area contributed by atoms with Gasteiger partial charge in [0.05, 0.1) is 29.1 Å². The summed E-state index contributed by atoms with van der Waals surface area (Å²) in [6.45, 7) is 4.89. The Morgan fingerprint density at radius 3 is 2.92 bits per heavy atom. The number of benzene rings is 1. The molecule has 0 bridgehead atoms. The zero-order chi connectivity index (χ0) is 17.7. The Kier molecular flexibility index (Phi) is 5.74. The molecule has 0 saturated carbocycles. The van der Waals surface area contributed by atoms with Crippen LogP contribution in [-0.4, -0.2) is 30.1 Å². The second-order valence-corrected chi connectivity index (χ2v) is 6.27. The molecule has 1 aromatic rings. The standard InChI is InChI=1S/C17H21N3O4/c1-12(2)24-17(21)9-14-4-3-7-19(11-14)15-6-5-13(10-18)8-16(15)20(22)23/h5-6,8,12,14H,3-4,7,9,11H2,1-2H3. The number of hydrogen-bond acceptors (Lipinski definition) is 6. The molecule has 1 atom stereocenters. The summed E-state index contributed by atoms with van der Waals surface area (Å²) in [5.41, 5.74) is 0.694. The van der Waals surface area contributed by atoms with E-state index in [1.54, 1.807) is 12.1 Å². The van der Waals surface area contributed by atoms with Crippen LogP contribution in [0.4, 0.5) is 11.4 Å². The minimum Gasteiger partial charge on any atom is -0.463 e. The SMILES string of the molecule is CC(C)OC(=O)CC1CCCN(c2ccc(C#N)cc2[N+](=O)[O-])C1. The van der Waals surface area contributed by atoms with Gasteiger partial charge >= 0.3 is 5.97 Å². The largest absolute Gasteiger partial charge is 0.463 e. The Balaban J connectivity index is 2.13. The van der Waals surface area contributed by atoms with Gasteiger partial charge in [-0.25, -0.2) is 0 Å². The number of carbonyl (C=O) groups excluding carboxylic acids is 1. The van der Waals surface area contributed by atoms with E-state index in [0.717, 1.165) is 12.8 Å². The molecule has 7 heteroatoms. The second-order valence-electron chi connectivity index (χ2n) is 6.27. The molecule has 1 aliphatic rings. The van der Waals surface area contributed by atoms with Crippen LogP contribution in [0.15, 0.2) is 18.2 Å². The third kappa shape index (κ3) is 4.44. The van der Waals surface area contributed by atoms with Crippen LogP contribution in [0.5, 0.6) is 0 Å². The Hall–Kier alpha value is -2.62. The molecule has 1 fully saturated rings. The first-order valence-corrected chi connectivity index (χ1v) is 8.03. The fourth-order valence-electron chi connectivity index (χ4n) is 3.00. The second kappa shape index (κ2) is 7.77. The van der Waals surface area contributed by atoms with Crippen molar-refractivity contribution in [2.24, 2.45) is 5.92 Å². The highest BCUT2D eigenvalue weighted by atomic mass is 16.6. The van der Waals surface area contributed by atoms with Crippen molar-refractivity contribution in [2.45, 2.75) is 39.2 Å². The number of nitro benzene ring substituents is 1.